The van der Waals surface area contributed by atoms with Crippen LogP contribution < -0.4 is 10.4 Å². The molecule has 1 unspecified atom stereocenters. The molecule has 0 saturated carbocycles. The van der Waals surface area contributed by atoms with Gasteiger partial charge in [0.15, 0.2) is 0 Å². The summed E-state index contributed by atoms with van der Waals surface area (Å²) in [6.45, 7) is 2.95. The zero-order valence-electron chi connectivity index (χ0n) is 10.4. The first-order chi connectivity index (χ1) is 8.13. The van der Waals surface area contributed by atoms with Crippen molar-refractivity contribution in [3.63, 3.8) is 0 Å². The first-order valence-corrected chi connectivity index (χ1v) is 5.70. The number of nitrogens with one attached hydrogen (secondary N) is 1. The van der Waals surface area contributed by atoms with Crippen LogP contribution in [0.15, 0.2) is 0 Å². The molecule has 18 heavy (non-hydrogen) atoms. The van der Waals surface area contributed by atoms with Gasteiger partial charge in [-0.05, 0) is 12.8 Å². The molecule has 0 aliphatic rings. The number of amides is 1. The van der Waals surface area contributed by atoms with Gasteiger partial charge in [-0.25, -0.2) is 0 Å². The summed E-state index contributed by atoms with van der Waals surface area (Å²) in [7, 11) is 0. The Hall–Kier alpha value is -1.27. The van der Waals surface area contributed by atoms with Crippen molar-refractivity contribution in [1.29, 1.82) is 0 Å². The van der Waals surface area contributed by atoms with Crippen molar-refractivity contribution >= 4 is 11.9 Å². The quantitative estimate of drug-likeness (QED) is 0.749. The van der Waals surface area contributed by atoms with E-state index in [2.05, 4.69) is 0 Å². The third-order valence-corrected chi connectivity index (χ3v) is 2.79. The predicted molar refractivity (Wildman–Crippen MR) is 56.3 cm³/mol. The molecule has 0 spiro atoms. The maximum Gasteiger partial charge on any atom is 0.471 e. The lowest BCUT2D eigenvalue weighted by atomic mass is 9.82. The Morgan fingerprint density at radius 2 is 1.78 bits per heavy atom. The molecule has 7 heteroatoms. The van der Waals surface area contributed by atoms with Gasteiger partial charge >= 0.3 is 12.1 Å². The van der Waals surface area contributed by atoms with E-state index in [0.29, 0.717) is 12.8 Å². The molecule has 0 aromatic rings. The zero-order valence-corrected chi connectivity index (χ0v) is 10.4. The molecule has 1 N–H and O–H groups in total. The molecule has 1 atom stereocenters. The summed E-state index contributed by atoms with van der Waals surface area (Å²) in [6, 6.07) is 0. The minimum atomic E-state index is -4.94. The highest BCUT2D eigenvalue weighted by Crippen LogP contribution is 2.27. The van der Waals surface area contributed by atoms with Crippen LogP contribution in [0.1, 0.15) is 39.5 Å². The fraction of sp³-hybridized carbons (Fsp3) is 0.818. The molecule has 0 aliphatic carbocycles. The zero-order chi connectivity index (χ0) is 14.4. The minimum absolute atomic E-state index is 0.0862. The van der Waals surface area contributed by atoms with Crippen molar-refractivity contribution in [2.45, 2.75) is 45.7 Å². The van der Waals surface area contributed by atoms with E-state index in [-0.39, 0.29) is 13.0 Å². The van der Waals surface area contributed by atoms with E-state index < -0.39 is 23.5 Å². The number of rotatable bonds is 7. The van der Waals surface area contributed by atoms with Crippen LogP contribution in [-0.4, -0.2) is 24.6 Å². The second-order valence-corrected chi connectivity index (χ2v) is 4.46. The summed E-state index contributed by atoms with van der Waals surface area (Å²) < 4.78 is 35.7. The molecule has 0 rings (SSSR count). The highest BCUT2D eigenvalue weighted by Gasteiger charge is 2.38. The molecule has 0 fully saturated rings. The molecule has 0 aromatic carbocycles. The molecule has 4 nitrogen and oxygen atoms in total. The van der Waals surface area contributed by atoms with Crippen LogP contribution in [-0.2, 0) is 9.59 Å². The first kappa shape index (κ1) is 16.7. The van der Waals surface area contributed by atoms with Crippen LogP contribution >= 0.6 is 0 Å². The molecular formula is C11H17F3NO3-. The van der Waals surface area contributed by atoms with Crippen LogP contribution in [0.5, 0.6) is 0 Å². The van der Waals surface area contributed by atoms with E-state index in [1.54, 1.807) is 5.32 Å². The summed E-state index contributed by atoms with van der Waals surface area (Å²) in [5.41, 5.74) is -1.21. The third kappa shape index (κ3) is 5.37. The maximum absolute atomic E-state index is 11.9. The average Bonchev–Trinajstić information content (AvgIpc) is 2.24. The molecular weight excluding hydrogens is 251 g/mol. The highest BCUT2D eigenvalue weighted by atomic mass is 19.4. The van der Waals surface area contributed by atoms with E-state index in [1.807, 2.05) is 6.92 Å². The average molecular weight is 268 g/mol. The van der Waals surface area contributed by atoms with Gasteiger partial charge in [-0.1, -0.05) is 26.7 Å². The number of halogens is 3. The number of hydrogen-bond donors (Lipinski definition) is 1. The number of unbranched alkanes of at least 4 members (excludes halogenated alkanes) is 1. The second-order valence-electron chi connectivity index (χ2n) is 4.46. The lowest BCUT2D eigenvalue weighted by Crippen LogP contribution is -2.44. The van der Waals surface area contributed by atoms with Gasteiger partial charge < -0.3 is 15.2 Å². The van der Waals surface area contributed by atoms with Crippen LogP contribution in [0, 0.1) is 5.41 Å². The summed E-state index contributed by atoms with van der Waals surface area (Å²) in [6.07, 6.45) is -3.30. The number of carbonyl (C=O) groups excluding carboxylic acids is 2. The van der Waals surface area contributed by atoms with Gasteiger partial charge in [0.1, 0.15) is 0 Å². The number of carboxylic acids is 1. The Kier molecular flexibility index (Phi) is 6.14. The van der Waals surface area contributed by atoms with E-state index in [9.17, 15) is 27.9 Å². The Morgan fingerprint density at radius 3 is 2.17 bits per heavy atom. The van der Waals surface area contributed by atoms with Crippen molar-refractivity contribution in [3.8, 4) is 0 Å². The van der Waals surface area contributed by atoms with E-state index >= 15 is 0 Å². The highest BCUT2D eigenvalue weighted by molar-refractivity contribution is 5.81. The maximum atomic E-state index is 11.9. The number of carboxylic acid groups (broad SMARTS) is 1. The van der Waals surface area contributed by atoms with E-state index in [4.69, 9.17) is 0 Å². The Labute approximate surface area is 104 Å². The molecule has 1 amide bonds. The molecule has 106 valence electrons. The SMILES string of the molecule is CCCCC(C)(CCNC(=O)C(F)(F)F)C(=O)[O-]. The molecule has 0 aliphatic heterocycles. The van der Waals surface area contributed by atoms with Gasteiger partial charge in [-0.3, -0.25) is 4.79 Å². The summed E-state index contributed by atoms with van der Waals surface area (Å²) in [4.78, 5) is 21.5. The van der Waals surface area contributed by atoms with Crippen molar-refractivity contribution in [2.75, 3.05) is 6.54 Å². The van der Waals surface area contributed by atoms with Crippen molar-refractivity contribution in [3.05, 3.63) is 0 Å². The monoisotopic (exact) mass is 268 g/mol. The van der Waals surface area contributed by atoms with E-state index in [0.717, 1.165) is 6.42 Å². The Morgan fingerprint density at radius 1 is 1.22 bits per heavy atom. The Balaban J connectivity index is 4.29. The minimum Gasteiger partial charge on any atom is -0.550 e. The van der Waals surface area contributed by atoms with Gasteiger partial charge in [-0.15, -0.1) is 0 Å². The third-order valence-electron chi connectivity index (χ3n) is 2.79. The van der Waals surface area contributed by atoms with Gasteiger partial charge in [0, 0.05) is 17.9 Å². The molecule has 0 heterocycles. The molecule has 0 aromatic heterocycles. The van der Waals surface area contributed by atoms with Crippen LogP contribution in [0.3, 0.4) is 0 Å². The fourth-order valence-electron chi connectivity index (χ4n) is 1.45. The second kappa shape index (κ2) is 6.61. The molecule has 0 saturated heterocycles. The van der Waals surface area contributed by atoms with Crippen molar-refractivity contribution in [1.82, 2.24) is 5.32 Å². The number of hydrogen-bond acceptors (Lipinski definition) is 3. The molecule has 0 radical (unpaired) electrons. The number of aliphatic carboxylic acids is 1. The van der Waals surface area contributed by atoms with Crippen molar-refractivity contribution in [2.24, 2.45) is 5.41 Å². The number of carbonyl (C=O) groups is 2. The summed E-state index contributed by atoms with van der Waals surface area (Å²) in [5, 5.41) is 12.6. The summed E-state index contributed by atoms with van der Waals surface area (Å²) >= 11 is 0. The lowest BCUT2D eigenvalue weighted by molar-refractivity contribution is -0.319. The summed E-state index contributed by atoms with van der Waals surface area (Å²) in [5.74, 6) is -3.36. The Bertz CT molecular complexity index is 304. The van der Waals surface area contributed by atoms with Gasteiger partial charge in [0.05, 0.1) is 0 Å². The fourth-order valence-corrected chi connectivity index (χ4v) is 1.45. The van der Waals surface area contributed by atoms with Crippen molar-refractivity contribution < 1.29 is 27.9 Å². The molecule has 0 bridgehead atoms. The normalized spacial score (nSPS) is 14.9. The first-order valence-electron chi connectivity index (χ1n) is 5.70. The lowest BCUT2D eigenvalue weighted by Gasteiger charge is -2.30. The smallest absolute Gasteiger partial charge is 0.471 e. The van der Waals surface area contributed by atoms with Gasteiger partial charge in [0.25, 0.3) is 0 Å². The predicted octanol–water partition coefficient (Wildman–Crippen LogP) is 1.00. The van der Waals surface area contributed by atoms with Gasteiger partial charge in [-0.2, -0.15) is 13.2 Å². The van der Waals surface area contributed by atoms with Crippen LogP contribution in [0.25, 0.3) is 0 Å². The van der Waals surface area contributed by atoms with E-state index in [1.165, 1.54) is 6.92 Å². The van der Waals surface area contributed by atoms with Crippen LogP contribution in [0.2, 0.25) is 0 Å². The van der Waals surface area contributed by atoms with Gasteiger partial charge in [0.2, 0.25) is 0 Å². The van der Waals surface area contributed by atoms with Crippen LogP contribution in [0.4, 0.5) is 13.2 Å². The largest absolute Gasteiger partial charge is 0.550 e. The standard InChI is InChI=1S/C11H18F3NO3/c1-3-4-5-10(2,9(17)18)6-7-15-8(16)11(12,13)14/h3-7H2,1-2H3,(H,15,16)(H,17,18)/p-1. The topological polar surface area (TPSA) is 69.2 Å². The number of alkyl halides is 3.